The molecule has 2 N–H and O–H groups in total. The third-order valence-corrected chi connectivity index (χ3v) is 3.50. The maximum Gasteiger partial charge on any atom is 0.310 e. The van der Waals surface area contributed by atoms with E-state index in [0.29, 0.717) is 6.54 Å². The van der Waals surface area contributed by atoms with Crippen LogP contribution in [0.2, 0.25) is 0 Å². The van der Waals surface area contributed by atoms with Crippen LogP contribution in [0.4, 0.5) is 0 Å². The Morgan fingerprint density at radius 1 is 1.50 bits per heavy atom. The average molecular weight is 249 g/mol. The molecular formula is C14H19NO3. The molecule has 0 amide bonds. The van der Waals surface area contributed by atoms with Crippen LogP contribution in [0.3, 0.4) is 0 Å². The van der Waals surface area contributed by atoms with Gasteiger partial charge in [-0.2, -0.15) is 0 Å². The third kappa shape index (κ3) is 3.01. The Kier molecular flexibility index (Phi) is 4.20. The third-order valence-electron chi connectivity index (χ3n) is 3.50. The minimum Gasteiger partial charge on any atom is -0.508 e. The number of ether oxygens (including phenoxy) is 1. The van der Waals surface area contributed by atoms with E-state index >= 15 is 0 Å². The SMILES string of the molecule is COC(=O)[C@@H]1CCC[C@H]1NCc1cccc(O)c1. The van der Waals surface area contributed by atoms with Crippen LogP contribution in [-0.2, 0) is 16.1 Å². The Labute approximate surface area is 107 Å². The van der Waals surface area contributed by atoms with Crippen molar-refractivity contribution >= 4 is 5.97 Å². The molecule has 1 aromatic carbocycles. The van der Waals surface area contributed by atoms with Crippen LogP contribution in [0.25, 0.3) is 0 Å². The van der Waals surface area contributed by atoms with Crippen molar-refractivity contribution in [3.05, 3.63) is 29.8 Å². The normalized spacial score (nSPS) is 22.9. The molecule has 4 heteroatoms. The Hall–Kier alpha value is -1.55. The average Bonchev–Trinajstić information content (AvgIpc) is 2.84. The number of benzene rings is 1. The molecule has 0 aliphatic heterocycles. The zero-order valence-corrected chi connectivity index (χ0v) is 10.6. The van der Waals surface area contributed by atoms with Gasteiger partial charge in [0.25, 0.3) is 0 Å². The second kappa shape index (κ2) is 5.87. The van der Waals surface area contributed by atoms with Crippen LogP contribution >= 0.6 is 0 Å². The van der Waals surface area contributed by atoms with Crippen LogP contribution in [0, 0.1) is 5.92 Å². The maximum absolute atomic E-state index is 11.6. The number of phenols is 1. The molecule has 18 heavy (non-hydrogen) atoms. The lowest BCUT2D eigenvalue weighted by Gasteiger charge is -2.19. The smallest absolute Gasteiger partial charge is 0.310 e. The maximum atomic E-state index is 11.6. The Morgan fingerprint density at radius 2 is 2.33 bits per heavy atom. The molecule has 1 aromatic rings. The predicted octanol–water partition coefficient (Wildman–Crippen LogP) is 1.82. The van der Waals surface area contributed by atoms with E-state index < -0.39 is 0 Å². The van der Waals surface area contributed by atoms with Crippen molar-refractivity contribution in [2.75, 3.05) is 7.11 Å². The minimum absolute atomic E-state index is 0.0349. The first-order valence-corrected chi connectivity index (χ1v) is 6.30. The number of rotatable bonds is 4. The molecule has 0 spiro atoms. The fourth-order valence-electron chi connectivity index (χ4n) is 2.55. The molecule has 0 unspecified atom stereocenters. The summed E-state index contributed by atoms with van der Waals surface area (Å²) in [5.41, 5.74) is 1.02. The zero-order chi connectivity index (χ0) is 13.0. The molecule has 1 aliphatic carbocycles. The van der Waals surface area contributed by atoms with E-state index in [1.54, 1.807) is 12.1 Å². The minimum atomic E-state index is -0.124. The molecule has 1 fully saturated rings. The molecule has 2 atom stereocenters. The number of hydrogen-bond acceptors (Lipinski definition) is 4. The fourth-order valence-corrected chi connectivity index (χ4v) is 2.55. The van der Waals surface area contributed by atoms with E-state index in [1.807, 2.05) is 12.1 Å². The molecule has 0 heterocycles. The van der Waals surface area contributed by atoms with Gasteiger partial charge in [0.1, 0.15) is 5.75 Å². The lowest BCUT2D eigenvalue weighted by atomic mass is 10.0. The number of phenolic OH excluding ortho intramolecular Hbond substituents is 1. The number of aromatic hydroxyl groups is 1. The quantitative estimate of drug-likeness (QED) is 0.799. The van der Waals surface area contributed by atoms with Gasteiger partial charge in [-0.05, 0) is 30.5 Å². The Morgan fingerprint density at radius 3 is 3.06 bits per heavy atom. The van der Waals surface area contributed by atoms with Gasteiger partial charge in [0.2, 0.25) is 0 Å². The summed E-state index contributed by atoms with van der Waals surface area (Å²) < 4.78 is 4.82. The molecule has 98 valence electrons. The Balaban J connectivity index is 1.91. The number of nitrogens with one attached hydrogen (secondary N) is 1. The van der Waals surface area contributed by atoms with E-state index in [9.17, 15) is 9.90 Å². The number of methoxy groups -OCH3 is 1. The van der Waals surface area contributed by atoms with Crippen LogP contribution in [-0.4, -0.2) is 24.2 Å². The summed E-state index contributed by atoms with van der Waals surface area (Å²) in [4.78, 5) is 11.6. The fraction of sp³-hybridized carbons (Fsp3) is 0.500. The first-order chi connectivity index (χ1) is 8.70. The number of hydrogen-bond donors (Lipinski definition) is 2. The van der Waals surface area contributed by atoms with Gasteiger partial charge in [-0.15, -0.1) is 0 Å². The van der Waals surface area contributed by atoms with Crippen LogP contribution < -0.4 is 5.32 Å². The van der Waals surface area contributed by atoms with Gasteiger partial charge in [0.05, 0.1) is 13.0 Å². The highest BCUT2D eigenvalue weighted by Gasteiger charge is 2.33. The lowest BCUT2D eigenvalue weighted by Crippen LogP contribution is -2.36. The summed E-state index contributed by atoms with van der Waals surface area (Å²) in [6, 6.07) is 7.33. The second-order valence-electron chi connectivity index (χ2n) is 4.72. The van der Waals surface area contributed by atoms with Crippen molar-refractivity contribution in [1.29, 1.82) is 0 Å². The van der Waals surface area contributed by atoms with E-state index in [1.165, 1.54) is 7.11 Å². The number of carbonyl (C=O) groups excluding carboxylic acids is 1. The van der Waals surface area contributed by atoms with Crippen LogP contribution in [0.1, 0.15) is 24.8 Å². The molecule has 2 rings (SSSR count). The molecule has 0 saturated heterocycles. The molecule has 1 aliphatic rings. The van der Waals surface area contributed by atoms with E-state index in [4.69, 9.17) is 4.74 Å². The Bertz CT molecular complexity index is 419. The van der Waals surface area contributed by atoms with Gasteiger partial charge in [-0.25, -0.2) is 0 Å². The largest absolute Gasteiger partial charge is 0.508 e. The van der Waals surface area contributed by atoms with Crippen molar-refractivity contribution in [2.24, 2.45) is 5.92 Å². The predicted molar refractivity (Wildman–Crippen MR) is 68.1 cm³/mol. The number of esters is 1. The first kappa shape index (κ1) is 12.9. The topological polar surface area (TPSA) is 58.6 Å². The summed E-state index contributed by atoms with van der Waals surface area (Å²) in [5.74, 6) is 0.110. The summed E-state index contributed by atoms with van der Waals surface area (Å²) in [6.07, 6.45) is 2.94. The van der Waals surface area contributed by atoms with Crippen molar-refractivity contribution in [2.45, 2.75) is 31.8 Å². The van der Waals surface area contributed by atoms with Gasteiger partial charge in [-0.3, -0.25) is 4.79 Å². The zero-order valence-electron chi connectivity index (χ0n) is 10.6. The number of carbonyl (C=O) groups is 1. The summed E-state index contributed by atoms with van der Waals surface area (Å²) in [5, 5.41) is 12.8. The van der Waals surface area contributed by atoms with Crippen molar-refractivity contribution in [1.82, 2.24) is 5.32 Å². The van der Waals surface area contributed by atoms with E-state index in [2.05, 4.69) is 5.32 Å². The van der Waals surface area contributed by atoms with Gasteiger partial charge in [-0.1, -0.05) is 18.6 Å². The molecule has 1 saturated carbocycles. The van der Waals surface area contributed by atoms with E-state index in [0.717, 1.165) is 24.8 Å². The van der Waals surface area contributed by atoms with Crippen LogP contribution in [0.5, 0.6) is 5.75 Å². The van der Waals surface area contributed by atoms with Crippen molar-refractivity contribution < 1.29 is 14.6 Å². The van der Waals surface area contributed by atoms with Gasteiger partial charge >= 0.3 is 5.97 Å². The van der Waals surface area contributed by atoms with E-state index in [-0.39, 0.29) is 23.7 Å². The summed E-state index contributed by atoms with van der Waals surface area (Å²) in [6.45, 7) is 0.659. The highest BCUT2D eigenvalue weighted by atomic mass is 16.5. The summed E-state index contributed by atoms with van der Waals surface area (Å²) >= 11 is 0. The molecule has 0 radical (unpaired) electrons. The molecular weight excluding hydrogens is 230 g/mol. The standard InChI is InChI=1S/C14H19NO3/c1-18-14(17)12-6-3-7-13(12)15-9-10-4-2-5-11(16)8-10/h2,4-5,8,12-13,15-16H,3,6-7,9H2,1H3/t12-,13-/m1/s1. The highest BCUT2D eigenvalue weighted by molar-refractivity contribution is 5.73. The monoisotopic (exact) mass is 249 g/mol. The van der Waals surface area contributed by atoms with Gasteiger partial charge in [0.15, 0.2) is 0 Å². The first-order valence-electron chi connectivity index (χ1n) is 6.30. The lowest BCUT2D eigenvalue weighted by molar-refractivity contribution is -0.145. The van der Waals surface area contributed by atoms with Gasteiger partial charge in [0, 0.05) is 12.6 Å². The molecule has 0 aromatic heterocycles. The molecule has 0 bridgehead atoms. The summed E-state index contributed by atoms with van der Waals surface area (Å²) in [7, 11) is 1.44. The molecule has 4 nitrogen and oxygen atoms in total. The second-order valence-corrected chi connectivity index (χ2v) is 4.72. The van der Waals surface area contributed by atoms with Crippen molar-refractivity contribution in [3.8, 4) is 5.75 Å². The highest BCUT2D eigenvalue weighted by Crippen LogP contribution is 2.27. The van der Waals surface area contributed by atoms with Crippen molar-refractivity contribution in [3.63, 3.8) is 0 Å². The van der Waals surface area contributed by atoms with Crippen LogP contribution in [0.15, 0.2) is 24.3 Å². The van der Waals surface area contributed by atoms with Gasteiger partial charge < -0.3 is 15.2 Å².